The maximum absolute atomic E-state index is 5.50. The number of hydrogen-bond donors (Lipinski definition) is 1. The molecule has 1 aromatic carbocycles. The van der Waals surface area contributed by atoms with Crippen LogP contribution < -0.4 is 5.73 Å². The van der Waals surface area contributed by atoms with Crippen LogP contribution in [0.3, 0.4) is 0 Å². The maximum atomic E-state index is 5.50. The third-order valence-electron chi connectivity index (χ3n) is 2.25. The number of fused-ring (bicyclic) bond motifs is 1. The average molecular weight is 258 g/mol. The van der Waals surface area contributed by atoms with Crippen molar-refractivity contribution < 1.29 is 0 Å². The lowest BCUT2D eigenvalue weighted by molar-refractivity contribution is 0.336. The quantitative estimate of drug-likeness (QED) is 0.912. The van der Waals surface area contributed by atoms with Gasteiger partial charge in [0.15, 0.2) is 0 Å². The molecule has 88 valence electrons. The first kappa shape index (κ1) is 13.4. The Bertz CT molecular complexity index is 410. The Morgan fingerprint density at radius 2 is 2.12 bits per heavy atom. The number of hydrogen-bond acceptors (Lipinski definition) is 4. The second kappa shape index (κ2) is 6.15. The maximum Gasteiger partial charge on any atom is 0.108 e. The summed E-state index contributed by atoms with van der Waals surface area (Å²) in [4.78, 5) is 6.76. The van der Waals surface area contributed by atoms with E-state index in [1.807, 2.05) is 12.1 Å². The van der Waals surface area contributed by atoms with E-state index in [9.17, 15) is 0 Å². The van der Waals surface area contributed by atoms with Crippen molar-refractivity contribution in [1.29, 1.82) is 0 Å². The molecular formula is C11H16ClN3S. The molecule has 1 aromatic heterocycles. The molecular weight excluding hydrogens is 242 g/mol. The topological polar surface area (TPSA) is 42.1 Å². The highest BCUT2D eigenvalue weighted by molar-refractivity contribution is 7.18. The molecule has 0 saturated carbocycles. The molecule has 2 rings (SSSR count). The summed E-state index contributed by atoms with van der Waals surface area (Å²) in [6, 6.07) is 8.24. The normalized spacial score (nSPS) is 10.7. The molecule has 1 heterocycles. The van der Waals surface area contributed by atoms with Gasteiger partial charge in [0.05, 0.1) is 16.8 Å². The number of halogens is 1. The van der Waals surface area contributed by atoms with Crippen LogP contribution in [0.25, 0.3) is 10.2 Å². The highest BCUT2D eigenvalue weighted by Crippen LogP contribution is 2.22. The molecule has 3 nitrogen and oxygen atoms in total. The second-order valence-corrected chi connectivity index (χ2v) is 4.72. The Kier molecular flexibility index (Phi) is 5.15. The summed E-state index contributed by atoms with van der Waals surface area (Å²) >= 11 is 1.76. The predicted octanol–water partition coefficient (Wildman–Crippen LogP) is 2.11. The van der Waals surface area contributed by atoms with Gasteiger partial charge < -0.3 is 5.73 Å². The molecule has 16 heavy (non-hydrogen) atoms. The van der Waals surface area contributed by atoms with Crippen LogP contribution in [0.5, 0.6) is 0 Å². The number of rotatable bonds is 4. The van der Waals surface area contributed by atoms with E-state index in [4.69, 9.17) is 5.73 Å². The monoisotopic (exact) mass is 257 g/mol. The first-order chi connectivity index (χ1) is 7.29. The minimum absolute atomic E-state index is 0. The summed E-state index contributed by atoms with van der Waals surface area (Å²) in [5.41, 5.74) is 6.60. The molecule has 0 bridgehead atoms. The average Bonchev–Trinajstić information content (AvgIpc) is 2.59. The van der Waals surface area contributed by atoms with Crippen LogP contribution in [0, 0.1) is 0 Å². The van der Waals surface area contributed by atoms with Crippen LogP contribution in [-0.4, -0.2) is 30.0 Å². The fourth-order valence-corrected chi connectivity index (χ4v) is 2.57. The lowest BCUT2D eigenvalue weighted by atomic mass is 10.3. The van der Waals surface area contributed by atoms with E-state index in [1.54, 1.807) is 11.3 Å². The van der Waals surface area contributed by atoms with Crippen LogP contribution >= 0.6 is 23.7 Å². The summed E-state index contributed by atoms with van der Waals surface area (Å²) in [7, 11) is 2.07. The van der Waals surface area contributed by atoms with E-state index in [2.05, 4.69) is 29.1 Å². The van der Waals surface area contributed by atoms with Crippen molar-refractivity contribution in [1.82, 2.24) is 9.88 Å². The number of nitrogens with zero attached hydrogens (tertiary/aromatic N) is 2. The van der Waals surface area contributed by atoms with Gasteiger partial charge in [-0.25, -0.2) is 4.98 Å². The molecule has 0 unspecified atom stereocenters. The summed E-state index contributed by atoms with van der Waals surface area (Å²) in [5, 5.41) is 1.16. The molecule has 0 aliphatic carbocycles. The van der Waals surface area contributed by atoms with Gasteiger partial charge in [0.1, 0.15) is 5.01 Å². The third kappa shape index (κ3) is 3.15. The van der Waals surface area contributed by atoms with Gasteiger partial charge in [0.2, 0.25) is 0 Å². The fraction of sp³-hybridized carbons (Fsp3) is 0.364. The van der Waals surface area contributed by atoms with Gasteiger partial charge in [-0.3, -0.25) is 4.90 Å². The molecule has 0 fully saturated rings. The second-order valence-electron chi connectivity index (χ2n) is 3.60. The molecule has 5 heteroatoms. The number of thiazole rings is 1. The molecule has 0 spiro atoms. The Labute approximate surface area is 106 Å². The number of nitrogens with two attached hydrogens (primary N) is 1. The summed E-state index contributed by atoms with van der Waals surface area (Å²) in [5.74, 6) is 0. The SMILES string of the molecule is CN(CCN)Cc1nc2ccccc2s1.Cl. The van der Waals surface area contributed by atoms with Crippen LogP contribution in [0.2, 0.25) is 0 Å². The lowest BCUT2D eigenvalue weighted by Gasteiger charge is -2.12. The summed E-state index contributed by atoms with van der Waals surface area (Å²) in [6.07, 6.45) is 0. The Balaban J connectivity index is 0.00000128. The highest BCUT2D eigenvalue weighted by Gasteiger charge is 2.05. The fourth-order valence-electron chi connectivity index (χ4n) is 1.52. The van der Waals surface area contributed by atoms with Crippen molar-refractivity contribution >= 4 is 34.0 Å². The molecule has 2 N–H and O–H groups in total. The minimum atomic E-state index is 0. The number of aromatic nitrogens is 1. The zero-order valence-corrected chi connectivity index (χ0v) is 10.9. The standard InChI is InChI=1S/C11H15N3S.ClH/c1-14(7-6-12)8-11-13-9-4-2-3-5-10(9)15-11;/h2-5H,6-8,12H2,1H3;1H. The van der Waals surface area contributed by atoms with Crippen LogP contribution in [0.4, 0.5) is 0 Å². The van der Waals surface area contributed by atoms with E-state index >= 15 is 0 Å². The van der Waals surface area contributed by atoms with E-state index < -0.39 is 0 Å². The van der Waals surface area contributed by atoms with Crippen molar-refractivity contribution in [3.8, 4) is 0 Å². The number of benzene rings is 1. The largest absolute Gasteiger partial charge is 0.329 e. The van der Waals surface area contributed by atoms with E-state index in [0.717, 1.165) is 23.6 Å². The Morgan fingerprint density at radius 3 is 2.81 bits per heavy atom. The Hall–Kier alpha value is -0.680. The van der Waals surface area contributed by atoms with E-state index in [1.165, 1.54) is 4.70 Å². The van der Waals surface area contributed by atoms with Crippen molar-refractivity contribution in [2.45, 2.75) is 6.54 Å². The third-order valence-corrected chi connectivity index (χ3v) is 3.28. The van der Waals surface area contributed by atoms with Gasteiger partial charge in [0.25, 0.3) is 0 Å². The van der Waals surface area contributed by atoms with Gasteiger partial charge in [-0.1, -0.05) is 12.1 Å². The zero-order chi connectivity index (χ0) is 10.7. The molecule has 2 aromatic rings. The van der Waals surface area contributed by atoms with Crippen LogP contribution in [0.1, 0.15) is 5.01 Å². The lowest BCUT2D eigenvalue weighted by Crippen LogP contribution is -2.24. The van der Waals surface area contributed by atoms with E-state index in [0.29, 0.717) is 6.54 Å². The zero-order valence-electron chi connectivity index (χ0n) is 9.22. The first-order valence-electron chi connectivity index (χ1n) is 5.02. The van der Waals surface area contributed by atoms with Gasteiger partial charge >= 0.3 is 0 Å². The predicted molar refractivity (Wildman–Crippen MR) is 72.3 cm³/mol. The van der Waals surface area contributed by atoms with Crippen molar-refractivity contribution in [3.05, 3.63) is 29.3 Å². The first-order valence-corrected chi connectivity index (χ1v) is 5.84. The summed E-state index contributed by atoms with van der Waals surface area (Å²) < 4.78 is 1.26. The van der Waals surface area contributed by atoms with Gasteiger partial charge in [0, 0.05) is 13.1 Å². The summed E-state index contributed by atoms with van der Waals surface area (Å²) in [6.45, 7) is 2.49. The Morgan fingerprint density at radius 1 is 1.38 bits per heavy atom. The van der Waals surface area contributed by atoms with Crippen LogP contribution in [-0.2, 0) is 6.54 Å². The highest BCUT2D eigenvalue weighted by atomic mass is 35.5. The van der Waals surface area contributed by atoms with Gasteiger partial charge in [-0.2, -0.15) is 0 Å². The minimum Gasteiger partial charge on any atom is -0.329 e. The van der Waals surface area contributed by atoms with Crippen molar-refractivity contribution in [2.75, 3.05) is 20.1 Å². The smallest absolute Gasteiger partial charge is 0.108 e. The molecule has 0 aliphatic rings. The molecule has 0 atom stereocenters. The van der Waals surface area contributed by atoms with Crippen molar-refractivity contribution in [2.24, 2.45) is 5.73 Å². The molecule has 0 amide bonds. The number of para-hydroxylation sites is 1. The molecule has 0 saturated heterocycles. The van der Waals surface area contributed by atoms with E-state index in [-0.39, 0.29) is 12.4 Å². The molecule has 0 aliphatic heterocycles. The van der Waals surface area contributed by atoms with Gasteiger partial charge in [-0.15, -0.1) is 23.7 Å². The van der Waals surface area contributed by atoms with Crippen molar-refractivity contribution in [3.63, 3.8) is 0 Å². The van der Waals surface area contributed by atoms with Gasteiger partial charge in [-0.05, 0) is 19.2 Å². The molecule has 0 radical (unpaired) electrons. The number of likely N-dealkylation sites (N-methyl/N-ethyl adjacent to an activating group) is 1. The van der Waals surface area contributed by atoms with Crippen LogP contribution in [0.15, 0.2) is 24.3 Å².